The van der Waals surface area contributed by atoms with Gasteiger partial charge in [0, 0.05) is 25.0 Å². The van der Waals surface area contributed by atoms with E-state index >= 15 is 0 Å². The van der Waals surface area contributed by atoms with Gasteiger partial charge in [-0.05, 0) is 48.9 Å². The van der Waals surface area contributed by atoms with Crippen LogP contribution in [0.5, 0.6) is 0 Å². The van der Waals surface area contributed by atoms with E-state index < -0.39 is 0 Å². The second kappa shape index (κ2) is 8.65. The lowest BCUT2D eigenvalue weighted by molar-refractivity contribution is 0.0980. The summed E-state index contributed by atoms with van der Waals surface area (Å²) in [4.78, 5) is 23.6. The Balaban J connectivity index is 1.39. The molecule has 1 aromatic heterocycles. The van der Waals surface area contributed by atoms with Crippen LogP contribution in [0.4, 0.5) is 11.6 Å². The average molecular weight is 372 g/mol. The summed E-state index contributed by atoms with van der Waals surface area (Å²) in [5, 5.41) is 3.24. The van der Waals surface area contributed by atoms with E-state index in [0.717, 1.165) is 44.5 Å². The predicted octanol–water partition coefficient (Wildman–Crippen LogP) is 4.11. The Morgan fingerprint density at radius 2 is 1.86 bits per heavy atom. The maximum Gasteiger partial charge on any atom is 0.277 e. The molecule has 0 fully saturated rings. The van der Waals surface area contributed by atoms with Crippen molar-refractivity contribution in [3.8, 4) is 0 Å². The van der Waals surface area contributed by atoms with E-state index in [1.54, 1.807) is 12.3 Å². The van der Waals surface area contributed by atoms with Crippen molar-refractivity contribution in [3.63, 3.8) is 0 Å². The summed E-state index contributed by atoms with van der Waals surface area (Å²) in [7, 11) is 0. The largest absolute Gasteiger partial charge is 0.354 e. The second-order valence-corrected chi connectivity index (χ2v) is 6.97. The third kappa shape index (κ3) is 4.19. The molecule has 0 spiro atoms. The molecule has 0 saturated carbocycles. The van der Waals surface area contributed by atoms with Gasteiger partial charge >= 0.3 is 0 Å². The lowest BCUT2D eigenvalue weighted by Crippen LogP contribution is -2.36. The van der Waals surface area contributed by atoms with Crippen molar-refractivity contribution in [2.24, 2.45) is 0 Å². The number of aryl methyl sites for hydroxylation is 2. The Bertz CT molecular complexity index is 942. The van der Waals surface area contributed by atoms with Gasteiger partial charge in [-0.1, -0.05) is 48.5 Å². The predicted molar refractivity (Wildman–Crippen MR) is 112 cm³/mol. The maximum absolute atomic E-state index is 13.0. The quantitative estimate of drug-likeness (QED) is 0.662. The summed E-state index contributed by atoms with van der Waals surface area (Å²) in [5.74, 6) is 0.436. The van der Waals surface area contributed by atoms with Crippen LogP contribution in [-0.2, 0) is 12.8 Å². The smallest absolute Gasteiger partial charge is 0.277 e. The Kier molecular flexibility index (Phi) is 5.61. The molecule has 0 bridgehead atoms. The van der Waals surface area contributed by atoms with E-state index in [4.69, 9.17) is 0 Å². The number of hydrogen-bond acceptors (Lipinski definition) is 4. The molecule has 1 aliphatic heterocycles. The fourth-order valence-electron chi connectivity index (χ4n) is 3.58. The summed E-state index contributed by atoms with van der Waals surface area (Å²) in [6, 6.07) is 20.2. The fourth-order valence-corrected chi connectivity index (χ4v) is 3.58. The average Bonchev–Trinajstić information content (AvgIpc) is 2.77. The zero-order valence-corrected chi connectivity index (χ0v) is 15.8. The van der Waals surface area contributed by atoms with Gasteiger partial charge in [0.1, 0.15) is 5.69 Å². The maximum atomic E-state index is 13.0. The van der Waals surface area contributed by atoms with Crippen molar-refractivity contribution in [3.05, 3.63) is 83.7 Å². The molecular formula is C23H24N4O. The minimum Gasteiger partial charge on any atom is -0.354 e. The Labute approximate surface area is 165 Å². The molecule has 0 atom stereocenters. The topological polar surface area (TPSA) is 58.1 Å². The number of nitrogens with one attached hydrogen (secondary N) is 1. The van der Waals surface area contributed by atoms with Crippen LogP contribution in [0.1, 0.15) is 34.5 Å². The molecule has 5 nitrogen and oxygen atoms in total. The molecule has 1 aliphatic rings. The highest BCUT2D eigenvalue weighted by Crippen LogP contribution is 2.27. The fraction of sp³-hybridized carbons (Fsp3) is 0.261. The number of amides is 1. The number of carbonyl (C=O) groups is 1. The first kappa shape index (κ1) is 18.2. The van der Waals surface area contributed by atoms with Gasteiger partial charge in [-0.2, -0.15) is 0 Å². The molecule has 0 saturated heterocycles. The van der Waals surface area contributed by atoms with Gasteiger partial charge < -0.3 is 10.2 Å². The lowest BCUT2D eigenvalue weighted by atomic mass is 10.0. The van der Waals surface area contributed by atoms with Crippen LogP contribution in [0.25, 0.3) is 0 Å². The highest BCUT2D eigenvalue weighted by molar-refractivity contribution is 6.05. The van der Waals surface area contributed by atoms with Crippen LogP contribution in [0.3, 0.4) is 0 Å². The zero-order valence-electron chi connectivity index (χ0n) is 15.8. The molecule has 142 valence electrons. The van der Waals surface area contributed by atoms with Gasteiger partial charge in [-0.15, -0.1) is 0 Å². The minimum atomic E-state index is -0.0677. The van der Waals surface area contributed by atoms with Gasteiger partial charge in [0.25, 0.3) is 5.91 Å². The number of aromatic nitrogens is 2. The molecule has 0 unspecified atom stereocenters. The molecule has 5 heteroatoms. The molecule has 2 heterocycles. The van der Waals surface area contributed by atoms with E-state index in [9.17, 15) is 4.79 Å². The van der Waals surface area contributed by atoms with Gasteiger partial charge in [-0.25, -0.2) is 9.97 Å². The Morgan fingerprint density at radius 3 is 2.75 bits per heavy atom. The lowest BCUT2D eigenvalue weighted by Gasteiger charge is -2.29. The van der Waals surface area contributed by atoms with E-state index in [1.165, 1.54) is 11.1 Å². The van der Waals surface area contributed by atoms with Crippen LogP contribution >= 0.6 is 0 Å². The molecule has 3 aromatic rings. The van der Waals surface area contributed by atoms with Crippen molar-refractivity contribution >= 4 is 17.5 Å². The van der Waals surface area contributed by atoms with Gasteiger partial charge in [0.05, 0.1) is 0 Å². The van der Waals surface area contributed by atoms with Gasteiger partial charge in [0.15, 0.2) is 0 Å². The molecule has 1 N–H and O–H groups in total. The summed E-state index contributed by atoms with van der Waals surface area (Å²) in [6.07, 6.45) is 5.61. The van der Waals surface area contributed by atoms with Gasteiger partial charge in [0.2, 0.25) is 5.95 Å². The molecule has 2 aromatic carbocycles. The van der Waals surface area contributed by atoms with Crippen LogP contribution in [-0.4, -0.2) is 29.0 Å². The normalized spacial score (nSPS) is 13.1. The molecule has 0 radical (unpaired) electrons. The van der Waals surface area contributed by atoms with Crippen LogP contribution in [0.2, 0.25) is 0 Å². The highest BCUT2D eigenvalue weighted by Gasteiger charge is 2.24. The van der Waals surface area contributed by atoms with E-state index in [1.807, 2.05) is 29.2 Å². The van der Waals surface area contributed by atoms with Crippen LogP contribution < -0.4 is 10.2 Å². The van der Waals surface area contributed by atoms with Crippen molar-refractivity contribution < 1.29 is 4.79 Å². The number of hydrogen-bond donors (Lipinski definition) is 1. The van der Waals surface area contributed by atoms with Gasteiger partial charge in [-0.3, -0.25) is 4.79 Å². The number of carbonyl (C=O) groups excluding carboxylic acids is 1. The van der Waals surface area contributed by atoms with Crippen LogP contribution in [0.15, 0.2) is 66.9 Å². The number of nitrogens with zero attached hydrogens (tertiary/aromatic N) is 3. The summed E-state index contributed by atoms with van der Waals surface area (Å²) in [6.45, 7) is 1.48. The third-order valence-electron chi connectivity index (χ3n) is 5.00. The Hall–Kier alpha value is -3.21. The minimum absolute atomic E-state index is 0.0677. The highest BCUT2D eigenvalue weighted by atomic mass is 16.2. The summed E-state index contributed by atoms with van der Waals surface area (Å²) in [5.41, 5.74) is 3.96. The van der Waals surface area contributed by atoms with E-state index in [2.05, 4.69) is 45.6 Å². The van der Waals surface area contributed by atoms with E-state index in [0.29, 0.717) is 11.6 Å². The Morgan fingerprint density at radius 1 is 1.04 bits per heavy atom. The standard InChI is InChI=1S/C23H24N4O/c28-22(27-17-7-12-19-11-4-5-13-21(19)27)20-14-16-25-23(26-20)24-15-6-10-18-8-2-1-3-9-18/h1-5,8-9,11,13-14,16H,6-7,10,12,15,17H2,(H,24,25,26). The van der Waals surface area contributed by atoms with E-state index in [-0.39, 0.29) is 5.91 Å². The summed E-state index contributed by atoms with van der Waals surface area (Å²) < 4.78 is 0. The summed E-state index contributed by atoms with van der Waals surface area (Å²) >= 11 is 0. The SMILES string of the molecule is O=C(c1ccnc(NCCCc2ccccc2)n1)N1CCCc2ccccc21. The first-order chi connectivity index (χ1) is 13.8. The molecular weight excluding hydrogens is 348 g/mol. The first-order valence-corrected chi connectivity index (χ1v) is 9.82. The number of para-hydroxylation sites is 1. The molecule has 4 rings (SSSR count). The number of rotatable bonds is 6. The molecule has 1 amide bonds. The number of fused-ring (bicyclic) bond motifs is 1. The van der Waals surface area contributed by atoms with Crippen molar-refractivity contribution in [2.45, 2.75) is 25.7 Å². The molecule has 0 aliphatic carbocycles. The first-order valence-electron chi connectivity index (χ1n) is 9.82. The molecule has 28 heavy (non-hydrogen) atoms. The monoisotopic (exact) mass is 372 g/mol. The third-order valence-corrected chi connectivity index (χ3v) is 5.00. The number of anilines is 2. The van der Waals surface area contributed by atoms with Crippen molar-refractivity contribution in [2.75, 3.05) is 23.3 Å². The van der Waals surface area contributed by atoms with Crippen LogP contribution in [0, 0.1) is 0 Å². The zero-order chi connectivity index (χ0) is 19.2. The van der Waals surface area contributed by atoms with Crippen molar-refractivity contribution in [1.29, 1.82) is 0 Å². The number of benzene rings is 2. The second-order valence-electron chi connectivity index (χ2n) is 6.97. The van der Waals surface area contributed by atoms with Crippen molar-refractivity contribution in [1.82, 2.24) is 9.97 Å².